The van der Waals surface area contributed by atoms with Crippen molar-refractivity contribution in [1.29, 1.82) is 0 Å². The molecule has 142 valence electrons. The number of pyridine rings is 1. The Hall–Kier alpha value is -2.45. The number of aromatic amines is 1. The van der Waals surface area contributed by atoms with Crippen LogP contribution in [0.15, 0.2) is 18.3 Å². The minimum absolute atomic E-state index is 0.303. The molecule has 1 N–H and O–H groups in total. The molecule has 0 bridgehead atoms. The quantitative estimate of drug-likeness (QED) is 0.746. The lowest BCUT2D eigenvalue weighted by Crippen LogP contribution is -2.44. The van der Waals surface area contributed by atoms with Crippen molar-refractivity contribution in [3.05, 3.63) is 29.6 Å². The molecule has 0 amide bonds. The molecule has 8 nitrogen and oxygen atoms in total. The van der Waals surface area contributed by atoms with Crippen LogP contribution in [0, 0.1) is 0 Å². The van der Waals surface area contributed by atoms with E-state index in [4.69, 9.17) is 14.8 Å². The second-order valence-corrected chi connectivity index (χ2v) is 7.59. The highest BCUT2D eigenvalue weighted by Gasteiger charge is 2.29. The third-order valence-electron chi connectivity index (χ3n) is 5.92. The van der Waals surface area contributed by atoms with E-state index in [0.717, 1.165) is 55.7 Å². The number of H-pyrrole nitrogens is 1. The zero-order chi connectivity index (χ0) is 18.5. The Kier molecular flexibility index (Phi) is 3.91. The van der Waals surface area contributed by atoms with E-state index in [1.165, 1.54) is 10.9 Å². The highest BCUT2D eigenvalue weighted by molar-refractivity contribution is 5.86. The second kappa shape index (κ2) is 6.31. The minimum atomic E-state index is 0.303. The Morgan fingerprint density at radius 2 is 2.15 bits per heavy atom. The number of nitrogens with one attached hydrogen (secondary N) is 1. The summed E-state index contributed by atoms with van der Waals surface area (Å²) in [7, 11) is 2.18. The Labute approximate surface area is 158 Å². The first-order valence-electron chi connectivity index (χ1n) is 9.60. The van der Waals surface area contributed by atoms with E-state index in [9.17, 15) is 0 Å². The van der Waals surface area contributed by atoms with E-state index in [0.29, 0.717) is 12.1 Å². The van der Waals surface area contributed by atoms with E-state index >= 15 is 0 Å². The maximum atomic E-state index is 5.63. The third kappa shape index (κ3) is 2.62. The summed E-state index contributed by atoms with van der Waals surface area (Å²) in [6.07, 6.45) is 2.67. The Bertz CT molecular complexity index is 964. The lowest BCUT2D eigenvalue weighted by molar-refractivity contribution is 0.0985. The number of aromatic nitrogens is 5. The van der Waals surface area contributed by atoms with E-state index in [1.807, 2.05) is 10.7 Å². The molecule has 0 aromatic carbocycles. The molecule has 1 saturated heterocycles. The van der Waals surface area contributed by atoms with Crippen LogP contribution in [0.1, 0.15) is 31.1 Å². The van der Waals surface area contributed by atoms with Crippen molar-refractivity contribution in [3.63, 3.8) is 0 Å². The molecule has 27 heavy (non-hydrogen) atoms. The number of hydrogen-bond acceptors (Lipinski definition) is 6. The lowest BCUT2D eigenvalue weighted by Gasteiger charge is -2.35. The molecule has 0 radical (unpaired) electrons. The molecule has 0 spiro atoms. The predicted octanol–water partition coefficient (Wildman–Crippen LogP) is 1.92. The van der Waals surface area contributed by atoms with Crippen molar-refractivity contribution < 1.29 is 4.74 Å². The fourth-order valence-corrected chi connectivity index (χ4v) is 4.17. The van der Waals surface area contributed by atoms with Gasteiger partial charge in [0.15, 0.2) is 11.5 Å². The Morgan fingerprint density at radius 3 is 2.93 bits per heavy atom. The molecule has 2 aliphatic heterocycles. The van der Waals surface area contributed by atoms with Crippen LogP contribution >= 0.6 is 0 Å². The summed E-state index contributed by atoms with van der Waals surface area (Å²) < 4.78 is 7.54. The fourth-order valence-electron chi connectivity index (χ4n) is 4.17. The van der Waals surface area contributed by atoms with Gasteiger partial charge in [0.05, 0.1) is 31.1 Å². The number of ether oxygens (including phenoxy) is 1. The molecule has 1 fully saturated rings. The topological polar surface area (TPSA) is 75.1 Å². The number of morpholine rings is 1. The van der Waals surface area contributed by atoms with Crippen molar-refractivity contribution in [1.82, 2.24) is 29.9 Å². The molecule has 3 aromatic heterocycles. The molecular weight excluding hydrogens is 342 g/mol. The fraction of sp³-hybridized carbons (Fsp3) is 0.526. The number of likely N-dealkylation sites (N-methyl/N-ethyl adjacent to an activating group) is 1. The summed E-state index contributed by atoms with van der Waals surface area (Å²) in [6, 6.07) is 4.81. The molecule has 8 heteroatoms. The molecule has 0 saturated carbocycles. The van der Waals surface area contributed by atoms with Crippen LogP contribution < -0.4 is 4.90 Å². The van der Waals surface area contributed by atoms with Gasteiger partial charge in [0.2, 0.25) is 0 Å². The predicted molar refractivity (Wildman–Crippen MR) is 103 cm³/mol. The monoisotopic (exact) mass is 367 g/mol. The summed E-state index contributed by atoms with van der Waals surface area (Å²) >= 11 is 0. The van der Waals surface area contributed by atoms with Crippen LogP contribution in [0.2, 0.25) is 0 Å². The van der Waals surface area contributed by atoms with Gasteiger partial charge >= 0.3 is 0 Å². The third-order valence-corrected chi connectivity index (χ3v) is 5.92. The summed E-state index contributed by atoms with van der Waals surface area (Å²) in [5.74, 6) is 1.85. The summed E-state index contributed by atoms with van der Waals surface area (Å²) in [4.78, 5) is 9.81. The lowest BCUT2D eigenvalue weighted by atomic mass is 10.0. The van der Waals surface area contributed by atoms with Gasteiger partial charge < -0.3 is 9.64 Å². The summed E-state index contributed by atoms with van der Waals surface area (Å²) in [5.41, 5.74) is 3.32. The second-order valence-electron chi connectivity index (χ2n) is 7.59. The first-order valence-corrected chi connectivity index (χ1v) is 9.60. The maximum absolute atomic E-state index is 5.63. The van der Waals surface area contributed by atoms with E-state index in [-0.39, 0.29) is 0 Å². The van der Waals surface area contributed by atoms with Gasteiger partial charge in [-0.25, -0.2) is 4.98 Å². The Balaban J connectivity index is 1.76. The van der Waals surface area contributed by atoms with Gasteiger partial charge in [0.25, 0.3) is 0 Å². The zero-order valence-electron chi connectivity index (χ0n) is 16.0. The van der Waals surface area contributed by atoms with E-state index in [2.05, 4.69) is 47.0 Å². The number of rotatable bonds is 2. The molecular formula is C19H25N7O. The zero-order valence-corrected chi connectivity index (χ0v) is 16.0. The van der Waals surface area contributed by atoms with Crippen molar-refractivity contribution >= 4 is 16.9 Å². The van der Waals surface area contributed by atoms with Crippen LogP contribution in [0.3, 0.4) is 0 Å². The largest absolute Gasteiger partial charge is 0.377 e. The molecule has 3 aromatic rings. The van der Waals surface area contributed by atoms with Gasteiger partial charge in [-0.2, -0.15) is 14.9 Å². The van der Waals surface area contributed by atoms with Crippen LogP contribution in [-0.2, 0) is 11.2 Å². The van der Waals surface area contributed by atoms with E-state index in [1.54, 1.807) is 6.20 Å². The van der Waals surface area contributed by atoms with Gasteiger partial charge in [-0.3, -0.25) is 10.00 Å². The van der Waals surface area contributed by atoms with Crippen molar-refractivity contribution in [2.45, 2.75) is 32.4 Å². The van der Waals surface area contributed by atoms with Gasteiger partial charge in [-0.1, -0.05) is 0 Å². The minimum Gasteiger partial charge on any atom is -0.377 e. The Morgan fingerprint density at radius 1 is 1.26 bits per heavy atom. The number of nitrogens with zero attached hydrogens (tertiary/aromatic N) is 6. The normalized spacial score (nSPS) is 23.7. The molecule has 5 heterocycles. The van der Waals surface area contributed by atoms with Crippen LogP contribution in [0.4, 0.5) is 5.82 Å². The van der Waals surface area contributed by atoms with Crippen LogP contribution in [-0.4, -0.2) is 69.3 Å². The van der Waals surface area contributed by atoms with Crippen molar-refractivity contribution in [2.75, 3.05) is 38.3 Å². The highest BCUT2D eigenvalue weighted by Crippen LogP contribution is 2.36. The number of anilines is 1. The first-order chi connectivity index (χ1) is 13.1. The summed E-state index contributed by atoms with van der Waals surface area (Å²) in [6.45, 7) is 7.76. The van der Waals surface area contributed by atoms with Crippen LogP contribution in [0.5, 0.6) is 0 Å². The molecule has 1 unspecified atom stereocenters. The average Bonchev–Trinajstić information content (AvgIpc) is 3.30. The van der Waals surface area contributed by atoms with Gasteiger partial charge in [-0.15, -0.1) is 0 Å². The van der Waals surface area contributed by atoms with Gasteiger partial charge in [0, 0.05) is 37.0 Å². The molecule has 5 rings (SSSR count). The smallest absolute Gasteiger partial charge is 0.167 e. The van der Waals surface area contributed by atoms with Crippen LogP contribution in [0.25, 0.3) is 16.9 Å². The van der Waals surface area contributed by atoms with Crippen molar-refractivity contribution in [2.24, 2.45) is 0 Å². The average molecular weight is 367 g/mol. The van der Waals surface area contributed by atoms with Gasteiger partial charge in [0.1, 0.15) is 5.82 Å². The maximum Gasteiger partial charge on any atom is 0.167 e. The SMILES string of the molecule is CC1c2cc(N3CCOC[C@H]3C)nc3c2c(nn3-c2ccn[nH]2)CCN1C. The highest BCUT2D eigenvalue weighted by atomic mass is 16.5. The molecule has 0 aliphatic carbocycles. The standard InChI is InChI=1S/C19H25N7O/c1-12-11-27-9-8-25(12)17-10-14-13(2)24(3)7-5-15-18(14)19(21-17)26(23-15)16-4-6-20-22-16/h4,6,10,12-13H,5,7-9,11H2,1-3H3,(H,20,22)/t12-,13?/m1/s1. The molecule has 2 aliphatic rings. The molecule has 2 atom stereocenters. The summed E-state index contributed by atoms with van der Waals surface area (Å²) in [5, 5.41) is 13.2. The van der Waals surface area contributed by atoms with Crippen molar-refractivity contribution in [3.8, 4) is 5.82 Å². The van der Waals surface area contributed by atoms with Gasteiger partial charge in [-0.05, 0) is 32.5 Å². The number of hydrogen-bond donors (Lipinski definition) is 1. The first kappa shape index (κ1) is 16.7. The van der Waals surface area contributed by atoms with E-state index < -0.39 is 0 Å².